The molecule has 0 saturated carbocycles. The topological polar surface area (TPSA) is 55.9 Å². The van der Waals surface area contributed by atoms with Gasteiger partial charge in [-0.05, 0) is 32.0 Å². The van der Waals surface area contributed by atoms with Crippen LogP contribution >= 0.6 is 11.6 Å². The fourth-order valence-corrected chi connectivity index (χ4v) is 2.33. The smallest absolute Gasteiger partial charge is 0.126 e. The van der Waals surface area contributed by atoms with Crippen molar-refractivity contribution in [3.05, 3.63) is 47.3 Å². The van der Waals surface area contributed by atoms with Crippen LogP contribution in [0, 0.1) is 5.82 Å². The zero-order chi connectivity index (χ0) is 14.7. The Labute approximate surface area is 122 Å². The van der Waals surface area contributed by atoms with E-state index in [-0.39, 0.29) is 17.9 Å². The molecule has 0 radical (unpaired) electrons. The Morgan fingerprint density at radius 1 is 1.40 bits per heavy atom. The van der Waals surface area contributed by atoms with Crippen molar-refractivity contribution in [2.24, 2.45) is 5.73 Å². The van der Waals surface area contributed by atoms with Crippen LogP contribution in [0.25, 0.3) is 0 Å². The third kappa shape index (κ3) is 3.29. The molecule has 2 rings (SSSR count). The van der Waals surface area contributed by atoms with E-state index < -0.39 is 0 Å². The zero-order valence-corrected chi connectivity index (χ0v) is 12.2. The molecule has 3 N–H and O–H groups in total. The van der Waals surface area contributed by atoms with Crippen molar-refractivity contribution in [3.63, 3.8) is 0 Å². The first kappa shape index (κ1) is 14.8. The highest BCUT2D eigenvalue weighted by molar-refractivity contribution is 6.30. The Balaban J connectivity index is 2.26. The maximum Gasteiger partial charge on any atom is 0.126 e. The number of nitrogens with one attached hydrogen (secondary N) is 1. The van der Waals surface area contributed by atoms with E-state index in [1.54, 1.807) is 18.6 Å². The second kappa shape index (κ2) is 6.24. The van der Waals surface area contributed by atoms with Gasteiger partial charge in [0.1, 0.15) is 5.82 Å². The molecule has 0 aliphatic heterocycles. The highest BCUT2D eigenvalue weighted by Gasteiger charge is 2.16. The molecule has 0 bridgehead atoms. The van der Waals surface area contributed by atoms with Crippen molar-refractivity contribution >= 4 is 17.3 Å². The van der Waals surface area contributed by atoms with Crippen LogP contribution in [0.2, 0.25) is 5.02 Å². The van der Waals surface area contributed by atoms with Crippen molar-refractivity contribution < 1.29 is 4.39 Å². The number of halogens is 2. The quantitative estimate of drug-likeness (QED) is 0.889. The molecule has 4 nitrogen and oxygen atoms in total. The lowest BCUT2D eigenvalue weighted by molar-refractivity contribution is 0.553. The van der Waals surface area contributed by atoms with Gasteiger partial charge < -0.3 is 15.6 Å². The van der Waals surface area contributed by atoms with Crippen LogP contribution in [-0.2, 0) is 0 Å². The van der Waals surface area contributed by atoms with E-state index in [4.69, 9.17) is 17.3 Å². The van der Waals surface area contributed by atoms with Crippen LogP contribution in [0.1, 0.15) is 31.6 Å². The number of hydrogen-bond acceptors (Lipinski definition) is 3. The summed E-state index contributed by atoms with van der Waals surface area (Å²) in [6.45, 7) is 4.50. The zero-order valence-electron chi connectivity index (χ0n) is 11.5. The molecule has 0 aliphatic carbocycles. The molecule has 0 amide bonds. The summed E-state index contributed by atoms with van der Waals surface area (Å²) in [5.41, 5.74) is 7.39. The van der Waals surface area contributed by atoms with E-state index in [0.29, 0.717) is 17.3 Å². The molecule has 6 heteroatoms. The fourth-order valence-electron chi connectivity index (χ4n) is 2.11. The van der Waals surface area contributed by atoms with E-state index in [2.05, 4.69) is 24.1 Å². The second-order valence-corrected chi connectivity index (χ2v) is 5.35. The van der Waals surface area contributed by atoms with Crippen LogP contribution < -0.4 is 11.1 Å². The van der Waals surface area contributed by atoms with E-state index in [0.717, 1.165) is 5.69 Å². The molecule has 20 heavy (non-hydrogen) atoms. The van der Waals surface area contributed by atoms with Crippen molar-refractivity contribution in [1.82, 2.24) is 9.55 Å². The molecule has 1 aromatic heterocycles. The number of aromatic nitrogens is 2. The highest BCUT2D eigenvalue weighted by Crippen LogP contribution is 2.24. The van der Waals surface area contributed by atoms with Crippen molar-refractivity contribution in [3.8, 4) is 0 Å². The molecule has 1 heterocycles. The van der Waals surface area contributed by atoms with Gasteiger partial charge in [-0.2, -0.15) is 0 Å². The number of imidazole rings is 1. The molecular formula is C14H18ClFN4. The Bertz CT molecular complexity index is 562. The molecule has 108 valence electrons. The summed E-state index contributed by atoms with van der Waals surface area (Å²) in [7, 11) is 0. The molecule has 0 fully saturated rings. The Morgan fingerprint density at radius 2 is 2.15 bits per heavy atom. The predicted octanol–water partition coefficient (Wildman–Crippen LogP) is 3.37. The number of hydrogen-bond donors (Lipinski definition) is 2. The molecular weight excluding hydrogens is 279 g/mol. The highest BCUT2D eigenvalue weighted by atomic mass is 35.5. The lowest BCUT2D eigenvalue weighted by Crippen LogP contribution is -2.24. The van der Waals surface area contributed by atoms with Gasteiger partial charge in [0, 0.05) is 23.3 Å². The summed E-state index contributed by atoms with van der Waals surface area (Å²) in [6, 6.07) is 4.45. The lowest BCUT2D eigenvalue weighted by atomic mass is 10.2. The first-order valence-electron chi connectivity index (χ1n) is 6.45. The largest absolute Gasteiger partial charge is 0.375 e. The third-order valence-electron chi connectivity index (χ3n) is 3.05. The number of benzene rings is 1. The Hall–Kier alpha value is -1.59. The summed E-state index contributed by atoms with van der Waals surface area (Å²) in [5, 5.41) is 3.55. The van der Waals surface area contributed by atoms with Gasteiger partial charge >= 0.3 is 0 Å². The number of nitrogens with two attached hydrogens (primary N) is 1. The second-order valence-electron chi connectivity index (χ2n) is 4.91. The van der Waals surface area contributed by atoms with Crippen LogP contribution in [0.15, 0.2) is 30.7 Å². The first-order chi connectivity index (χ1) is 9.51. The molecule has 0 spiro atoms. The average Bonchev–Trinajstić information content (AvgIpc) is 2.83. The van der Waals surface area contributed by atoms with Crippen LogP contribution in [0.5, 0.6) is 0 Å². The van der Waals surface area contributed by atoms with E-state index in [1.165, 1.54) is 12.1 Å². The van der Waals surface area contributed by atoms with Crippen molar-refractivity contribution in [1.29, 1.82) is 0 Å². The van der Waals surface area contributed by atoms with Gasteiger partial charge in [0.15, 0.2) is 0 Å². The van der Waals surface area contributed by atoms with Gasteiger partial charge in [-0.3, -0.25) is 0 Å². The molecule has 0 aliphatic rings. The number of rotatable bonds is 5. The molecule has 1 atom stereocenters. The SMILES string of the molecule is CC(C)n1cncc1C(CN)Nc1cc(F)cc(Cl)c1. The van der Waals surface area contributed by atoms with Crippen molar-refractivity contribution in [2.45, 2.75) is 25.9 Å². The molecule has 1 aromatic carbocycles. The van der Waals surface area contributed by atoms with Crippen LogP contribution in [0.4, 0.5) is 10.1 Å². The summed E-state index contributed by atoms with van der Waals surface area (Å²) in [4.78, 5) is 4.16. The van der Waals surface area contributed by atoms with E-state index >= 15 is 0 Å². The maximum atomic E-state index is 13.4. The number of nitrogens with zero attached hydrogens (tertiary/aromatic N) is 2. The van der Waals surface area contributed by atoms with Crippen LogP contribution in [0.3, 0.4) is 0 Å². The average molecular weight is 297 g/mol. The minimum atomic E-state index is -0.381. The van der Waals surface area contributed by atoms with Gasteiger partial charge in [0.05, 0.1) is 24.3 Å². The predicted molar refractivity (Wildman–Crippen MR) is 79.4 cm³/mol. The van der Waals surface area contributed by atoms with Gasteiger partial charge in [-0.25, -0.2) is 9.37 Å². The summed E-state index contributed by atoms with van der Waals surface area (Å²) in [5.74, 6) is -0.381. The fraction of sp³-hybridized carbons (Fsp3) is 0.357. The normalized spacial score (nSPS) is 12.7. The first-order valence-corrected chi connectivity index (χ1v) is 6.83. The third-order valence-corrected chi connectivity index (χ3v) is 3.27. The molecule has 1 unspecified atom stereocenters. The van der Waals surface area contributed by atoms with Crippen molar-refractivity contribution in [2.75, 3.05) is 11.9 Å². The standard InChI is InChI=1S/C14H18ClFN4/c1-9(2)20-8-18-7-14(20)13(6-17)19-12-4-10(15)3-11(16)5-12/h3-5,7-9,13,19H,6,17H2,1-2H3. The summed E-state index contributed by atoms with van der Waals surface area (Å²) in [6.07, 6.45) is 3.54. The molecule has 0 saturated heterocycles. The minimum absolute atomic E-state index is 0.155. The summed E-state index contributed by atoms with van der Waals surface area (Å²) >= 11 is 5.85. The van der Waals surface area contributed by atoms with Gasteiger partial charge in [-0.1, -0.05) is 11.6 Å². The minimum Gasteiger partial charge on any atom is -0.375 e. The molecule has 2 aromatic rings. The lowest BCUT2D eigenvalue weighted by Gasteiger charge is -2.21. The van der Waals surface area contributed by atoms with Gasteiger partial charge in [0.25, 0.3) is 0 Å². The summed E-state index contributed by atoms with van der Waals surface area (Å²) < 4.78 is 15.4. The van der Waals surface area contributed by atoms with Gasteiger partial charge in [-0.15, -0.1) is 0 Å². The monoisotopic (exact) mass is 296 g/mol. The maximum absolute atomic E-state index is 13.4. The number of anilines is 1. The van der Waals surface area contributed by atoms with Gasteiger partial charge in [0.2, 0.25) is 0 Å². The van der Waals surface area contributed by atoms with E-state index in [1.807, 2.05) is 4.57 Å². The Morgan fingerprint density at radius 3 is 2.75 bits per heavy atom. The van der Waals surface area contributed by atoms with E-state index in [9.17, 15) is 4.39 Å². The Kier molecular flexibility index (Phi) is 4.62. The van der Waals surface area contributed by atoms with Crippen LogP contribution in [-0.4, -0.2) is 16.1 Å².